The molecule has 150 valence electrons. The fraction of sp³-hybridized carbons (Fsp3) is 0.316. The number of carbonyl (C=O) groups excluding carboxylic acids is 1. The van der Waals surface area contributed by atoms with Crippen LogP contribution in [-0.4, -0.2) is 68.0 Å². The monoisotopic (exact) mass is 393 g/mol. The lowest BCUT2D eigenvalue weighted by Gasteiger charge is -2.35. The predicted molar refractivity (Wildman–Crippen MR) is 109 cm³/mol. The zero-order valence-corrected chi connectivity index (χ0v) is 16.4. The lowest BCUT2D eigenvalue weighted by molar-refractivity contribution is -0.120. The normalized spacial score (nSPS) is 15.1. The third-order valence-corrected chi connectivity index (χ3v) is 4.79. The van der Waals surface area contributed by atoms with E-state index in [4.69, 9.17) is 0 Å². The quantitative estimate of drug-likeness (QED) is 0.510. The number of rotatable bonds is 4. The van der Waals surface area contributed by atoms with Crippen molar-refractivity contribution in [3.8, 4) is 5.69 Å². The summed E-state index contributed by atoms with van der Waals surface area (Å²) in [6.45, 7) is 1.94. The highest BCUT2D eigenvalue weighted by molar-refractivity contribution is 5.98. The molecule has 10 nitrogen and oxygen atoms in total. The fourth-order valence-corrected chi connectivity index (χ4v) is 3.35. The van der Waals surface area contributed by atoms with Crippen LogP contribution in [0.3, 0.4) is 0 Å². The van der Waals surface area contributed by atoms with Crippen molar-refractivity contribution in [2.75, 3.05) is 31.6 Å². The Morgan fingerprint density at radius 3 is 2.72 bits per heavy atom. The minimum Gasteiger partial charge on any atom is -0.349 e. The number of guanidine groups is 1. The maximum Gasteiger partial charge on any atom is 0.246 e. The maximum atomic E-state index is 12.6. The second kappa shape index (κ2) is 8.13. The van der Waals surface area contributed by atoms with E-state index in [1.807, 2.05) is 53.0 Å². The van der Waals surface area contributed by atoms with Crippen LogP contribution in [0.15, 0.2) is 54.0 Å². The summed E-state index contributed by atoms with van der Waals surface area (Å²) >= 11 is 0. The van der Waals surface area contributed by atoms with Gasteiger partial charge >= 0.3 is 0 Å². The Kier molecular flexibility index (Phi) is 5.23. The van der Waals surface area contributed by atoms with Gasteiger partial charge in [-0.15, -0.1) is 10.2 Å². The molecule has 0 spiro atoms. The van der Waals surface area contributed by atoms with Crippen LogP contribution in [0.25, 0.3) is 5.69 Å². The number of hydrogen-bond acceptors (Lipinski definition) is 5. The van der Waals surface area contributed by atoms with Crippen LogP contribution in [0.5, 0.6) is 0 Å². The molecule has 3 heterocycles. The van der Waals surface area contributed by atoms with Crippen molar-refractivity contribution < 1.29 is 4.79 Å². The molecule has 0 saturated carbocycles. The van der Waals surface area contributed by atoms with Gasteiger partial charge in [-0.1, -0.05) is 18.2 Å². The van der Waals surface area contributed by atoms with E-state index in [0.29, 0.717) is 25.6 Å². The van der Waals surface area contributed by atoms with Crippen molar-refractivity contribution in [3.63, 3.8) is 0 Å². The molecule has 0 aliphatic carbocycles. The van der Waals surface area contributed by atoms with Gasteiger partial charge in [-0.25, -0.2) is 0 Å². The Balaban J connectivity index is 1.40. The maximum absolute atomic E-state index is 12.6. The Morgan fingerprint density at radius 1 is 1.21 bits per heavy atom. The highest BCUT2D eigenvalue weighted by atomic mass is 16.2. The molecular weight excluding hydrogens is 370 g/mol. The van der Waals surface area contributed by atoms with Gasteiger partial charge in [0.25, 0.3) is 0 Å². The van der Waals surface area contributed by atoms with Crippen LogP contribution in [0.1, 0.15) is 5.82 Å². The van der Waals surface area contributed by atoms with Gasteiger partial charge in [0.2, 0.25) is 5.91 Å². The summed E-state index contributed by atoms with van der Waals surface area (Å²) in [4.78, 5) is 20.7. The zero-order valence-electron chi connectivity index (χ0n) is 16.4. The van der Waals surface area contributed by atoms with Gasteiger partial charge in [0.15, 0.2) is 11.8 Å². The Labute approximate surface area is 168 Å². The lowest BCUT2D eigenvalue weighted by atomic mass is 10.3. The first-order chi connectivity index (χ1) is 14.2. The molecule has 0 bridgehead atoms. The molecule has 1 aliphatic rings. The number of para-hydroxylation sites is 1. The van der Waals surface area contributed by atoms with Crippen molar-refractivity contribution in [2.45, 2.75) is 6.54 Å². The second-order valence-electron chi connectivity index (χ2n) is 6.69. The first kappa shape index (κ1) is 18.7. The molecule has 29 heavy (non-hydrogen) atoms. The summed E-state index contributed by atoms with van der Waals surface area (Å²) in [5.74, 6) is 1.43. The third kappa shape index (κ3) is 3.96. The summed E-state index contributed by atoms with van der Waals surface area (Å²) in [6, 6.07) is 9.91. The number of anilines is 1. The van der Waals surface area contributed by atoms with Gasteiger partial charge in [0, 0.05) is 39.1 Å². The Hall–Kier alpha value is -3.69. The van der Waals surface area contributed by atoms with E-state index in [2.05, 4.69) is 25.6 Å². The SMILES string of the molecule is CN=C(NCc1nncn1-c1ccccc1)N1CCN(c2cnn(C)c2)C(=O)C1. The molecule has 0 unspecified atom stereocenters. The zero-order chi connectivity index (χ0) is 20.2. The largest absolute Gasteiger partial charge is 0.349 e. The van der Waals surface area contributed by atoms with E-state index in [9.17, 15) is 4.79 Å². The summed E-state index contributed by atoms with van der Waals surface area (Å²) in [5.41, 5.74) is 1.81. The highest BCUT2D eigenvalue weighted by Crippen LogP contribution is 2.16. The second-order valence-corrected chi connectivity index (χ2v) is 6.69. The fourth-order valence-electron chi connectivity index (χ4n) is 3.35. The van der Waals surface area contributed by atoms with Crippen LogP contribution in [-0.2, 0) is 18.4 Å². The van der Waals surface area contributed by atoms with Gasteiger partial charge in [0.05, 0.1) is 18.4 Å². The predicted octanol–water partition coefficient (Wildman–Crippen LogP) is 0.425. The number of piperazine rings is 1. The average Bonchev–Trinajstić information content (AvgIpc) is 3.38. The molecule has 0 atom stereocenters. The van der Waals surface area contributed by atoms with E-state index in [-0.39, 0.29) is 12.5 Å². The number of nitrogens with one attached hydrogen (secondary N) is 1. The van der Waals surface area contributed by atoms with Gasteiger partial charge in [-0.3, -0.25) is 19.0 Å². The number of hydrogen-bond donors (Lipinski definition) is 1. The molecule has 1 saturated heterocycles. The summed E-state index contributed by atoms with van der Waals surface area (Å²) in [7, 11) is 3.55. The van der Waals surface area contributed by atoms with Crippen LogP contribution in [0.2, 0.25) is 0 Å². The van der Waals surface area contributed by atoms with E-state index < -0.39 is 0 Å². The number of nitrogens with zero attached hydrogens (tertiary/aromatic N) is 8. The molecule has 1 fully saturated rings. The molecule has 1 aliphatic heterocycles. The van der Waals surface area contributed by atoms with E-state index in [1.54, 1.807) is 29.2 Å². The molecule has 1 aromatic carbocycles. The Bertz CT molecular complexity index is 1010. The van der Waals surface area contributed by atoms with Crippen LogP contribution in [0, 0.1) is 0 Å². The van der Waals surface area contributed by atoms with Gasteiger partial charge in [-0.2, -0.15) is 5.10 Å². The number of benzene rings is 1. The van der Waals surface area contributed by atoms with Crippen molar-refractivity contribution in [1.29, 1.82) is 0 Å². The number of carbonyl (C=O) groups is 1. The topological polar surface area (TPSA) is 96.5 Å². The van der Waals surface area contributed by atoms with E-state index in [0.717, 1.165) is 17.2 Å². The van der Waals surface area contributed by atoms with Gasteiger partial charge < -0.3 is 15.1 Å². The van der Waals surface area contributed by atoms with Crippen molar-refractivity contribution in [1.82, 2.24) is 34.8 Å². The Morgan fingerprint density at radius 2 is 2.03 bits per heavy atom. The average molecular weight is 393 g/mol. The molecular formula is C19H23N9O. The third-order valence-electron chi connectivity index (χ3n) is 4.79. The number of aryl methyl sites for hydroxylation is 1. The van der Waals surface area contributed by atoms with Crippen LogP contribution >= 0.6 is 0 Å². The summed E-state index contributed by atoms with van der Waals surface area (Å²) in [5, 5.41) is 15.7. The molecule has 0 radical (unpaired) electrons. The molecule has 10 heteroatoms. The smallest absolute Gasteiger partial charge is 0.246 e. The van der Waals surface area contributed by atoms with Gasteiger partial charge in [0.1, 0.15) is 12.9 Å². The first-order valence-corrected chi connectivity index (χ1v) is 9.34. The minimum atomic E-state index is 0.0136. The summed E-state index contributed by atoms with van der Waals surface area (Å²) in [6.07, 6.45) is 5.24. The number of aromatic nitrogens is 5. The van der Waals surface area contributed by atoms with Crippen molar-refractivity contribution >= 4 is 17.6 Å². The molecule has 2 aromatic heterocycles. The molecule has 3 aromatic rings. The first-order valence-electron chi connectivity index (χ1n) is 9.34. The van der Waals surface area contributed by atoms with E-state index >= 15 is 0 Å². The van der Waals surface area contributed by atoms with Crippen LogP contribution < -0.4 is 10.2 Å². The molecule has 1 amide bonds. The standard InChI is InChI=1S/C19H23N9O/c1-20-19(21-11-17-24-22-14-28(17)15-6-4-3-5-7-15)26-8-9-27(18(29)13-26)16-10-23-25(2)12-16/h3-7,10,12,14H,8-9,11,13H2,1-2H3,(H,20,21). The minimum absolute atomic E-state index is 0.0136. The highest BCUT2D eigenvalue weighted by Gasteiger charge is 2.27. The van der Waals surface area contributed by atoms with Crippen molar-refractivity contribution in [2.24, 2.45) is 12.0 Å². The van der Waals surface area contributed by atoms with E-state index in [1.165, 1.54) is 0 Å². The van der Waals surface area contributed by atoms with Crippen LogP contribution in [0.4, 0.5) is 5.69 Å². The lowest BCUT2D eigenvalue weighted by Crippen LogP contribution is -2.55. The molecule has 4 rings (SSSR count). The summed E-state index contributed by atoms with van der Waals surface area (Å²) < 4.78 is 3.62. The number of aliphatic imine (C=N–C) groups is 1. The van der Waals surface area contributed by atoms with Crippen molar-refractivity contribution in [3.05, 3.63) is 54.9 Å². The van der Waals surface area contributed by atoms with Gasteiger partial charge in [-0.05, 0) is 12.1 Å². The number of amides is 1. The molecule has 1 N–H and O–H groups in total.